The van der Waals surface area contributed by atoms with Crippen molar-refractivity contribution in [3.05, 3.63) is 29.8 Å². The second-order valence-electron chi connectivity index (χ2n) is 5.67. The average Bonchev–Trinajstić information content (AvgIpc) is 2.47. The summed E-state index contributed by atoms with van der Waals surface area (Å²) in [4.78, 5) is 2.36. The minimum Gasteiger partial charge on any atom is -0.399 e. The van der Waals surface area contributed by atoms with E-state index in [0.717, 1.165) is 38.2 Å². The normalized spacial score (nSPS) is 18.2. The van der Waals surface area contributed by atoms with Gasteiger partial charge in [0, 0.05) is 38.4 Å². The third kappa shape index (κ3) is 4.18. The van der Waals surface area contributed by atoms with E-state index in [-0.39, 0.29) is 11.8 Å². The third-order valence-corrected chi connectivity index (χ3v) is 6.14. The Balaban J connectivity index is 1.89. The number of rotatable bonds is 5. The predicted octanol–water partition coefficient (Wildman–Crippen LogP) is 1.51. The van der Waals surface area contributed by atoms with E-state index in [4.69, 9.17) is 5.73 Å². The summed E-state index contributed by atoms with van der Waals surface area (Å²) in [6.07, 6.45) is 1.77. The van der Waals surface area contributed by atoms with Gasteiger partial charge < -0.3 is 5.73 Å². The van der Waals surface area contributed by atoms with E-state index in [0.29, 0.717) is 0 Å². The Bertz CT molecular complexity index is 566. The van der Waals surface area contributed by atoms with Crippen LogP contribution in [-0.2, 0) is 16.6 Å². The van der Waals surface area contributed by atoms with Gasteiger partial charge in [-0.25, -0.2) is 12.7 Å². The van der Waals surface area contributed by atoms with Crippen molar-refractivity contribution in [2.75, 3.05) is 31.6 Å². The largest absolute Gasteiger partial charge is 0.399 e. The topological polar surface area (TPSA) is 66.6 Å². The summed E-state index contributed by atoms with van der Waals surface area (Å²) in [5.41, 5.74) is 7.80. The molecular weight excluding hydrogens is 286 g/mol. The molecule has 1 saturated heterocycles. The smallest absolute Gasteiger partial charge is 0.213 e. The van der Waals surface area contributed by atoms with Crippen LogP contribution >= 0.6 is 0 Å². The molecule has 0 atom stereocenters. The SMILES string of the molecule is CCS(=O)(=O)N(C)C1CCN(Cc2cccc(N)c2)CC1. The Morgan fingerprint density at radius 3 is 2.57 bits per heavy atom. The molecule has 2 N–H and O–H groups in total. The Kier molecular flexibility index (Phi) is 5.24. The van der Waals surface area contributed by atoms with Crippen LogP contribution in [0.1, 0.15) is 25.3 Å². The molecule has 0 spiro atoms. The summed E-state index contributed by atoms with van der Waals surface area (Å²) in [6, 6.07) is 8.07. The molecule has 1 heterocycles. The van der Waals surface area contributed by atoms with E-state index >= 15 is 0 Å². The van der Waals surface area contributed by atoms with E-state index in [1.54, 1.807) is 18.3 Å². The maximum absolute atomic E-state index is 11.9. The van der Waals surface area contributed by atoms with Crippen LogP contribution in [0.2, 0.25) is 0 Å². The Labute approximate surface area is 127 Å². The van der Waals surface area contributed by atoms with Gasteiger partial charge in [0.15, 0.2) is 0 Å². The summed E-state index contributed by atoms with van der Waals surface area (Å²) in [5, 5.41) is 0. The van der Waals surface area contributed by atoms with Crippen LogP contribution in [0.5, 0.6) is 0 Å². The second-order valence-corrected chi connectivity index (χ2v) is 7.99. The molecule has 0 amide bonds. The molecule has 0 unspecified atom stereocenters. The Morgan fingerprint density at radius 1 is 1.33 bits per heavy atom. The maximum atomic E-state index is 11.9. The average molecular weight is 311 g/mol. The molecule has 0 aromatic heterocycles. The Hall–Kier alpha value is -1.11. The van der Waals surface area contributed by atoms with Crippen molar-refractivity contribution < 1.29 is 8.42 Å². The molecular formula is C15H25N3O2S. The number of likely N-dealkylation sites (tertiary alicyclic amines) is 1. The van der Waals surface area contributed by atoms with Crippen LogP contribution in [0, 0.1) is 0 Å². The Morgan fingerprint density at radius 2 is 2.00 bits per heavy atom. The number of hydrogen-bond donors (Lipinski definition) is 1. The van der Waals surface area contributed by atoms with Crippen LogP contribution in [0.3, 0.4) is 0 Å². The molecule has 1 aliphatic heterocycles. The number of piperidine rings is 1. The highest BCUT2D eigenvalue weighted by molar-refractivity contribution is 7.89. The minimum atomic E-state index is -3.08. The number of hydrogen-bond acceptors (Lipinski definition) is 4. The molecule has 2 rings (SSSR count). The van der Waals surface area contributed by atoms with Crippen molar-refractivity contribution in [1.82, 2.24) is 9.21 Å². The van der Waals surface area contributed by atoms with Gasteiger partial charge in [0.25, 0.3) is 0 Å². The van der Waals surface area contributed by atoms with Crippen molar-refractivity contribution in [2.45, 2.75) is 32.4 Å². The zero-order valence-corrected chi connectivity index (χ0v) is 13.6. The fraction of sp³-hybridized carbons (Fsp3) is 0.600. The molecule has 21 heavy (non-hydrogen) atoms. The molecule has 1 aromatic rings. The molecule has 1 fully saturated rings. The lowest BCUT2D eigenvalue weighted by atomic mass is 10.0. The number of nitrogen functional groups attached to an aromatic ring is 1. The first-order chi connectivity index (χ1) is 9.92. The van der Waals surface area contributed by atoms with Gasteiger partial charge in [-0.15, -0.1) is 0 Å². The van der Waals surface area contributed by atoms with E-state index in [1.165, 1.54) is 5.56 Å². The van der Waals surface area contributed by atoms with Gasteiger partial charge in [-0.05, 0) is 37.5 Å². The van der Waals surface area contributed by atoms with Gasteiger partial charge in [0.2, 0.25) is 10.0 Å². The predicted molar refractivity (Wildman–Crippen MR) is 86.4 cm³/mol. The van der Waals surface area contributed by atoms with Crippen LogP contribution in [0.4, 0.5) is 5.69 Å². The summed E-state index contributed by atoms with van der Waals surface area (Å²) in [5.74, 6) is 0.174. The van der Waals surface area contributed by atoms with Crippen molar-refractivity contribution >= 4 is 15.7 Å². The molecule has 1 aromatic carbocycles. The highest BCUT2D eigenvalue weighted by Gasteiger charge is 2.28. The lowest BCUT2D eigenvalue weighted by Gasteiger charge is -2.36. The maximum Gasteiger partial charge on any atom is 0.213 e. The van der Waals surface area contributed by atoms with Crippen LogP contribution < -0.4 is 5.73 Å². The number of benzene rings is 1. The third-order valence-electron chi connectivity index (χ3n) is 4.23. The van der Waals surface area contributed by atoms with Crippen molar-refractivity contribution in [1.29, 1.82) is 0 Å². The van der Waals surface area contributed by atoms with Gasteiger partial charge in [0.05, 0.1) is 5.75 Å². The fourth-order valence-corrected chi connectivity index (χ4v) is 3.89. The monoisotopic (exact) mass is 311 g/mol. The van der Waals surface area contributed by atoms with Crippen molar-refractivity contribution in [3.63, 3.8) is 0 Å². The van der Waals surface area contributed by atoms with Crippen LogP contribution in [0.15, 0.2) is 24.3 Å². The van der Waals surface area contributed by atoms with E-state index < -0.39 is 10.0 Å². The first kappa shape index (κ1) is 16.3. The first-order valence-electron chi connectivity index (χ1n) is 7.45. The van der Waals surface area contributed by atoms with Gasteiger partial charge in [-0.1, -0.05) is 12.1 Å². The zero-order chi connectivity index (χ0) is 15.5. The number of anilines is 1. The molecule has 6 heteroatoms. The molecule has 0 saturated carbocycles. The van der Waals surface area contributed by atoms with Crippen LogP contribution in [-0.4, -0.2) is 49.6 Å². The molecule has 1 aliphatic rings. The van der Waals surface area contributed by atoms with E-state index in [2.05, 4.69) is 11.0 Å². The molecule has 5 nitrogen and oxygen atoms in total. The second kappa shape index (κ2) is 6.77. The summed E-state index contributed by atoms with van der Waals surface area (Å²) in [6.45, 7) is 4.41. The highest BCUT2D eigenvalue weighted by atomic mass is 32.2. The van der Waals surface area contributed by atoms with E-state index in [9.17, 15) is 8.42 Å². The quantitative estimate of drug-likeness (QED) is 0.837. The summed E-state index contributed by atoms with van der Waals surface area (Å²) in [7, 11) is -1.38. The first-order valence-corrected chi connectivity index (χ1v) is 9.06. The van der Waals surface area contributed by atoms with Gasteiger partial charge >= 0.3 is 0 Å². The summed E-state index contributed by atoms with van der Waals surface area (Å²) >= 11 is 0. The highest BCUT2D eigenvalue weighted by Crippen LogP contribution is 2.20. The molecule has 118 valence electrons. The number of nitrogens with zero attached hydrogens (tertiary/aromatic N) is 2. The number of sulfonamides is 1. The number of nitrogens with two attached hydrogens (primary N) is 1. The van der Waals surface area contributed by atoms with Gasteiger partial charge in [-0.2, -0.15) is 0 Å². The molecule has 0 aliphatic carbocycles. The molecule has 0 radical (unpaired) electrons. The molecule has 0 bridgehead atoms. The van der Waals surface area contributed by atoms with Crippen LogP contribution in [0.25, 0.3) is 0 Å². The van der Waals surface area contributed by atoms with Gasteiger partial charge in [-0.3, -0.25) is 4.90 Å². The minimum absolute atomic E-state index is 0.132. The standard InChI is InChI=1S/C15H25N3O2S/c1-3-21(19,20)17(2)15-7-9-18(10-8-15)12-13-5-4-6-14(16)11-13/h4-6,11,15H,3,7-10,12,16H2,1-2H3. The van der Waals surface area contributed by atoms with Gasteiger partial charge in [0.1, 0.15) is 0 Å². The van der Waals surface area contributed by atoms with Crippen molar-refractivity contribution in [2.24, 2.45) is 0 Å². The fourth-order valence-electron chi connectivity index (χ4n) is 2.82. The zero-order valence-electron chi connectivity index (χ0n) is 12.8. The lowest BCUT2D eigenvalue weighted by Crippen LogP contribution is -2.45. The summed E-state index contributed by atoms with van der Waals surface area (Å²) < 4.78 is 25.4. The lowest BCUT2D eigenvalue weighted by molar-refractivity contribution is 0.164. The van der Waals surface area contributed by atoms with E-state index in [1.807, 2.05) is 18.2 Å². The van der Waals surface area contributed by atoms with Crippen molar-refractivity contribution in [3.8, 4) is 0 Å².